The number of rotatable bonds is 2. The van der Waals surface area contributed by atoms with Crippen LogP contribution in [0.5, 0.6) is 0 Å². The second-order valence-corrected chi connectivity index (χ2v) is 7.26. The molecule has 3 heterocycles. The maximum atomic E-state index is 12.0. The van der Waals surface area contributed by atoms with Crippen molar-refractivity contribution in [2.45, 2.75) is 44.7 Å². The van der Waals surface area contributed by atoms with Gasteiger partial charge in [0.1, 0.15) is 18.8 Å². The van der Waals surface area contributed by atoms with E-state index in [9.17, 15) is 9.59 Å². The molecule has 1 unspecified atom stereocenters. The van der Waals surface area contributed by atoms with E-state index in [1.807, 2.05) is 24.5 Å². The third kappa shape index (κ3) is 6.29. The molecule has 2 aliphatic rings. The zero-order valence-corrected chi connectivity index (χ0v) is 15.9. The minimum atomic E-state index is -0.401. The molecular formula is C20H30N4O3. The number of hydrogen-bond acceptors (Lipinski definition) is 7. The van der Waals surface area contributed by atoms with Crippen LogP contribution in [0.1, 0.15) is 38.5 Å². The Morgan fingerprint density at radius 3 is 2.52 bits per heavy atom. The maximum Gasteiger partial charge on any atom is 0.313 e. The number of ketones is 1. The van der Waals surface area contributed by atoms with Gasteiger partial charge in [0.05, 0.1) is 6.17 Å². The maximum absolute atomic E-state index is 12.0. The van der Waals surface area contributed by atoms with E-state index in [-0.39, 0.29) is 18.4 Å². The molecule has 2 saturated heterocycles. The molecule has 3 rings (SSSR count). The fraction of sp³-hybridized carbons (Fsp3) is 0.650. The van der Waals surface area contributed by atoms with Gasteiger partial charge in [-0.2, -0.15) is 0 Å². The van der Waals surface area contributed by atoms with E-state index in [0.29, 0.717) is 13.0 Å². The van der Waals surface area contributed by atoms with Gasteiger partial charge in [-0.1, -0.05) is 12.8 Å². The Kier molecular flexibility index (Phi) is 7.59. The van der Waals surface area contributed by atoms with Gasteiger partial charge < -0.3 is 9.64 Å². The first-order valence-electron chi connectivity index (χ1n) is 10.0. The zero-order valence-electron chi connectivity index (χ0n) is 15.9. The molecule has 7 heteroatoms. The first-order valence-corrected chi connectivity index (χ1v) is 10.0. The number of cyclic esters (lactones) is 1. The largest absolute Gasteiger partial charge is 0.462 e. The fourth-order valence-electron chi connectivity index (χ4n) is 3.68. The average molecular weight is 374 g/mol. The number of anilines is 1. The smallest absolute Gasteiger partial charge is 0.313 e. The summed E-state index contributed by atoms with van der Waals surface area (Å²) < 4.78 is 5.42. The Balaban J connectivity index is 1.54. The number of nitrogens with one attached hydrogen (secondary N) is 1. The van der Waals surface area contributed by atoms with Crippen molar-refractivity contribution in [3.63, 3.8) is 0 Å². The van der Waals surface area contributed by atoms with Crippen LogP contribution >= 0.6 is 0 Å². The molecule has 0 aliphatic carbocycles. The molecule has 0 aromatic carbocycles. The molecule has 1 aromatic rings. The number of nitrogens with zero attached hydrogens (tertiary/aromatic N) is 3. The molecular weight excluding hydrogens is 344 g/mol. The minimum absolute atomic E-state index is 0.00407. The van der Waals surface area contributed by atoms with Crippen LogP contribution in [0.2, 0.25) is 0 Å². The summed E-state index contributed by atoms with van der Waals surface area (Å²) in [6.07, 6.45) is 8.13. The van der Waals surface area contributed by atoms with Crippen LogP contribution in [-0.4, -0.2) is 67.1 Å². The standard InChI is InChI=1S/C20H30N4O3/c25-18-5-3-1-2-4-8-22-19(16-27-20(26)15-18)24-13-11-23(12-14-24)17-6-9-21-10-7-17/h6-7,9-10,19,22H,1-5,8,11-16H2. The van der Waals surface area contributed by atoms with Crippen LogP contribution in [0, 0.1) is 0 Å². The van der Waals surface area contributed by atoms with Crippen molar-refractivity contribution in [2.24, 2.45) is 0 Å². The summed E-state index contributed by atoms with van der Waals surface area (Å²) in [5.74, 6) is -0.406. The number of piperazine rings is 1. The van der Waals surface area contributed by atoms with Crippen LogP contribution in [0.3, 0.4) is 0 Å². The molecule has 0 bridgehead atoms. The third-order valence-corrected chi connectivity index (χ3v) is 5.29. The number of carbonyl (C=O) groups excluding carboxylic acids is 2. The van der Waals surface area contributed by atoms with Gasteiger partial charge in [0.25, 0.3) is 0 Å². The summed E-state index contributed by atoms with van der Waals surface area (Å²) in [4.78, 5) is 32.5. The molecule has 0 radical (unpaired) electrons. The monoisotopic (exact) mass is 374 g/mol. The van der Waals surface area contributed by atoms with Gasteiger partial charge in [-0.05, 0) is 31.5 Å². The lowest BCUT2D eigenvalue weighted by Gasteiger charge is -2.40. The highest BCUT2D eigenvalue weighted by atomic mass is 16.5. The van der Waals surface area contributed by atoms with Crippen molar-refractivity contribution in [1.82, 2.24) is 15.2 Å². The Morgan fingerprint density at radius 1 is 1.00 bits per heavy atom. The van der Waals surface area contributed by atoms with E-state index < -0.39 is 5.97 Å². The minimum Gasteiger partial charge on any atom is -0.462 e. The van der Waals surface area contributed by atoms with Gasteiger partial charge >= 0.3 is 5.97 Å². The first-order chi connectivity index (χ1) is 13.2. The number of carbonyl (C=O) groups is 2. The van der Waals surface area contributed by atoms with Crippen molar-refractivity contribution >= 4 is 17.4 Å². The number of ether oxygens (including phenoxy) is 1. The SMILES string of the molecule is O=C1CCCCCCNC(N2CCN(c3ccncc3)CC2)COC(=O)C1. The Bertz CT molecular complexity index is 603. The molecule has 2 fully saturated rings. The van der Waals surface area contributed by atoms with Gasteiger partial charge in [-0.3, -0.25) is 24.8 Å². The second kappa shape index (κ2) is 10.4. The quantitative estimate of drug-likeness (QED) is 0.622. The predicted octanol–water partition coefficient (Wildman–Crippen LogP) is 1.59. The Hall–Kier alpha value is -1.99. The zero-order chi connectivity index (χ0) is 18.9. The Morgan fingerprint density at radius 2 is 1.74 bits per heavy atom. The van der Waals surface area contributed by atoms with Crippen LogP contribution in [-0.2, 0) is 14.3 Å². The predicted molar refractivity (Wildman–Crippen MR) is 103 cm³/mol. The van der Waals surface area contributed by atoms with Crippen LogP contribution in [0.15, 0.2) is 24.5 Å². The van der Waals surface area contributed by atoms with Crippen LogP contribution < -0.4 is 10.2 Å². The summed E-state index contributed by atoms with van der Waals surface area (Å²) in [6.45, 7) is 4.85. The van der Waals surface area contributed by atoms with Crippen molar-refractivity contribution in [3.8, 4) is 0 Å². The average Bonchev–Trinajstić information content (AvgIpc) is 2.71. The first kappa shape index (κ1) is 19.8. The highest BCUT2D eigenvalue weighted by Gasteiger charge is 2.25. The van der Waals surface area contributed by atoms with E-state index in [1.54, 1.807) is 0 Å². The topological polar surface area (TPSA) is 74.8 Å². The normalized spacial score (nSPS) is 24.4. The van der Waals surface area contributed by atoms with Gasteiger partial charge in [-0.15, -0.1) is 0 Å². The Labute approximate surface area is 161 Å². The van der Waals surface area contributed by atoms with Gasteiger partial charge in [-0.25, -0.2) is 0 Å². The fourth-order valence-corrected chi connectivity index (χ4v) is 3.68. The lowest BCUT2D eigenvalue weighted by Crippen LogP contribution is -2.56. The summed E-state index contributed by atoms with van der Waals surface area (Å²) in [6, 6.07) is 4.07. The van der Waals surface area contributed by atoms with E-state index >= 15 is 0 Å². The molecule has 1 aromatic heterocycles. The highest BCUT2D eigenvalue weighted by Crippen LogP contribution is 2.16. The van der Waals surface area contributed by atoms with Gasteiger partial charge in [0, 0.05) is 50.7 Å². The molecule has 0 amide bonds. The number of esters is 1. The molecule has 1 N–H and O–H groups in total. The highest BCUT2D eigenvalue weighted by molar-refractivity contribution is 5.95. The second-order valence-electron chi connectivity index (χ2n) is 7.26. The number of Topliss-reactive ketones (excluding diaryl/α,β-unsaturated/α-hetero) is 1. The number of hydrogen-bond donors (Lipinski definition) is 1. The van der Waals surface area contributed by atoms with E-state index in [1.165, 1.54) is 5.69 Å². The van der Waals surface area contributed by atoms with Crippen LogP contribution in [0.25, 0.3) is 0 Å². The van der Waals surface area contributed by atoms with Gasteiger partial charge in [0.2, 0.25) is 0 Å². The lowest BCUT2D eigenvalue weighted by atomic mass is 10.1. The van der Waals surface area contributed by atoms with Gasteiger partial charge in [0.15, 0.2) is 0 Å². The molecule has 148 valence electrons. The molecule has 27 heavy (non-hydrogen) atoms. The van der Waals surface area contributed by atoms with Crippen molar-refractivity contribution in [3.05, 3.63) is 24.5 Å². The summed E-state index contributed by atoms with van der Waals surface area (Å²) in [5, 5.41) is 3.55. The molecule has 1 atom stereocenters. The van der Waals surface area contributed by atoms with E-state index in [2.05, 4.69) is 20.1 Å². The van der Waals surface area contributed by atoms with Crippen molar-refractivity contribution < 1.29 is 14.3 Å². The van der Waals surface area contributed by atoms with Crippen molar-refractivity contribution in [1.29, 1.82) is 0 Å². The number of aromatic nitrogens is 1. The van der Waals surface area contributed by atoms with Crippen LogP contribution in [0.4, 0.5) is 5.69 Å². The molecule has 2 aliphatic heterocycles. The third-order valence-electron chi connectivity index (χ3n) is 5.29. The summed E-state index contributed by atoms with van der Waals surface area (Å²) in [5.41, 5.74) is 1.19. The molecule has 7 nitrogen and oxygen atoms in total. The molecule has 0 saturated carbocycles. The number of pyridine rings is 1. The van der Waals surface area contributed by atoms with E-state index in [4.69, 9.17) is 4.74 Å². The van der Waals surface area contributed by atoms with Crippen molar-refractivity contribution in [2.75, 3.05) is 44.2 Å². The van der Waals surface area contributed by atoms with E-state index in [0.717, 1.165) is 58.4 Å². The summed E-state index contributed by atoms with van der Waals surface area (Å²) in [7, 11) is 0. The summed E-state index contributed by atoms with van der Waals surface area (Å²) >= 11 is 0. The lowest BCUT2D eigenvalue weighted by molar-refractivity contribution is -0.148. The molecule has 0 spiro atoms.